The van der Waals surface area contributed by atoms with E-state index in [1.165, 1.54) is 29.5 Å². The van der Waals surface area contributed by atoms with Crippen LogP contribution in [0.5, 0.6) is 0 Å². The number of hydrogen-bond acceptors (Lipinski definition) is 4. The van der Waals surface area contributed by atoms with Crippen molar-refractivity contribution in [2.24, 2.45) is 5.92 Å². The highest BCUT2D eigenvalue weighted by atomic mass is 32.1. The van der Waals surface area contributed by atoms with Crippen LogP contribution in [0, 0.1) is 17.6 Å². The molecule has 3 rings (SSSR count). The van der Waals surface area contributed by atoms with Crippen molar-refractivity contribution in [1.29, 1.82) is 0 Å². The maximum Gasteiger partial charge on any atom is 0.270 e. The summed E-state index contributed by atoms with van der Waals surface area (Å²) < 4.78 is 27.2. The highest BCUT2D eigenvalue weighted by Gasteiger charge is 2.27. The molecule has 0 radical (unpaired) electrons. The van der Waals surface area contributed by atoms with Crippen LogP contribution >= 0.6 is 11.3 Å². The summed E-state index contributed by atoms with van der Waals surface area (Å²) in [4.78, 5) is 28.2. The van der Waals surface area contributed by atoms with E-state index in [2.05, 4.69) is 15.6 Å². The lowest BCUT2D eigenvalue weighted by molar-refractivity contribution is -0.126. The zero-order chi connectivity index (χ0) is 18.5. The second kappa shape index (κ2) is 8.35. The van der Waals surface area contributed by atoms with E-state index in [0.717, 1.165) is 0 Å². The maximum atomic E-state index is 13.6. The SMILES string of the molecule is O=C(NC1CCC(C(=O)NCc2c(F)cccc2F)CC1)c1cscn1. The summed E-state index contributed by atoms with van der Waals surface area (Å²) in [7, 11) is 0. The number of halogens is 2. The number of rotatable bonds is 5. The number of benzene rings is 1. The molecule has 1 fully saturated rings. The predicted octanol–water partition coefficient (Wildman–Crippen LogP) is 3.03. The van der Waals surface area contributed by atoms with Crippen molar-refractivity contribution in [2.45, 2.75) is 38.3 Å². The Morgan fingerprint density at radius 2 is 1.85 bits per heavy atom. The molecule has 0 atom stereocenters. The van der Waals surface area contributed by atoms with Gasteiger partial charge in [-0.05, 0) is 37.8 Å². The van der Waals surface area contributed by atoms with Gasteiger partial charge >= 0.3 is 0 Å². The summed E-state index contributed by atoms with van der Waals surface area (Å²) >= 11 is 1.36. The van der Waals surface area contributed by atoms with Gasteiger partial charge in [0, 0.05) is 29.4 Å². The fourth-order valence-corrected chi connectivity index (χ4v) is 3.64. The molecule has 8 heteroatoms. The van der Waals surface area contributed by atoms with Gasteiger partial charge in [-0.3, -0.25) is 9.59 Å². The zero-order valence-corrected chi connectivity index (χ0v) is 14.8. The van der Waals surface area contributed by atoms with Crippen molar-refractivity contribution in [3.8, 4) is 0 Å². The third kappa shape index (κ3) is 4.43. The minimum atomic E-state index is -0.668. The van der Waals surface area contributed by atoms with E-state index in [1.54, 1.807) is 10.9 Å². The Bertz CT molecular complexity index is 754. The first-order valence-corrected chi connectivity index (χ1v) is 9.38. The molecule has 5 nitrogen and oxygen atoms in total. The molecule has 2 aromatic rings. The quantitative estimate of drug-likeness (QED) is 0.839. The largest absolute Gasteiger partial charge is 0.352 e. The van der Waals surface area contributed by atoms with E-state index in [0.29, 0.717) is 31.4 Å². The third-order valence-corrected chi connectivity index (χ3v) is 5.19. The Balaban J connectivity index is 1.45. The van der Waals surface area contributed by atoms with E-state index in [-0.39, 0.29) is 35.9 Å². The number of amides is 2. The average Bonchev–Trinajstić information content (AvgIpc) is 3.16. The Hall–Kier alpha value is -2.35. The van der Waals surface area contributed by atoms with Gasteiger partial charge in [0.1, 0.15) is 17.3 Å². The first-order chi connectivity index (χ1) is 12.5. The van der Waals surface area contributed by atoms with Crippen LogP contribution in [0.1, 0.15) is 41.7 Å². The summed E-state index contributed by atoms with van der Waals surface area (Å²) in [6.45, 7) is -0.169. The van der Waals surface area contributed by atoms with Gasteiger partial charge in [-0.1, -0.05) is 6.07 Å². The van der Waals surface area contributed by atoms with Crippen LogP contribution in [0.3, 0.4) is 0 Å². The molecule has 2 amide bonds. The highest BCUT2D eigenvalue weighted by Crippen LogP contribution is 2.25. The van der Waals surface area contributed by atoms with Gasteiger partial charge in [0.2, 0.25) is 5.91 Å². The standard InChI is InChI=1S/C18H19F2N3O2S/c19-14-2-1-3-15(20)13(14)8-21-17(24)11-4-6-12(7-5-11)23-18(25)16-9-26-10-22-16/h1-3,9-12H,4-8H2,(H,21,24)(H,23,25). The molecule has 26 heavy (non-hydrogen) atoms. The Morgan fingerprint density at radius 3 is 2.46 bits per heavy atom. The molecule has 0 saturated heterocycles. The van der Waals surface area contributed by atoms with Gasteiger partial charge in [0.05, 0.1) is 5.51 Å². The van der Waals surface area contributed by atoms with Gasteiger partial charge in [-0.2, -0.15) is 0 Å². The first kappa shape index (κ1) is 18.4. The molecule has 1 aromatic carbocycles. The second-order valence-corrected chi connectivity index (χ2v) is 7.03. The normalized spacial score (nSPS) is 19.8. The van der Waals surface area contributed by atoms with Gasteiger partial charge in [0.15, 0.2) is 0 Å². The monoisotopic (exact) mass is 379 g/mol. The molecule has 0 bridgehead atoms. The fourth-order valence-electron chi connectivity index (χ4n) is 3.10. The minimum Gasteiger partial charge on any atom is -0.352 e. The molecular weight excluding hydrogens is 360 g/mol. The predicted molar refractivity (Wildman–Crippen MR) is 93.5 cm³/mol. The minimum absolute atomic E-state index is 0.0114. The molecule has 0 aliphatic heterocycles. The summed E-state index contributed by atoms with van der Waals surface area (Å²) in [6.07, 6.45) is 2.60. The van der Waals surface area contributed by atoms with Crippen LogP contribution in [0.2, 0.25) is 0 Å². The number of aromatic nitrogens is 1. The lowest BCUT2D eigenvalue weighted by Gasteiger charge is -2.28. The average molecular weight is 379 g/mol. The fraction of sp³-hybridized carbons (Fsp3) is 0.389. The van der Waals surface area contributed by atoms with Crippen molar-refractivity contribution in [3.63, 3.8) is 0 Å². The number of hydrogen-bond donors (Lipinski definition) is 2. The summed E-state index contributed by atoms with van der Waals surface area (Å²) in [5, 5.41) is 7.23. The Labute approximate surface area is 153 Å². The van der Waals surface area contributed by atoms with E-state index in [9.17, 15) is 18.4 Å². The lowest BCUT2D eigenvalue weighted by atomic mass is 9.85. The number of nitrogens with zero attached hydrogens (tertiary/aromatic N) is 1. The summed E-state index contributed by atoms with van der Waals surface area (Å²) in [6, 6.07) is 3.64. The van der Waals surface area contributed by atoms with Crippen molar-refractivity contribution in [1.82, 2.24) is 15.6 Å². The van der Waals surface area contributed by atoms with Crippen LogP contribution in [-0.4, -0.2) is 22.8 Å². The lowest BCUT2D eigenvalue weighted by Crippen LogP contribution is -2.41. The number of carbonyl (C=O) groups is 2. The molecular formula is C18H19F2N3O2S. The van der Waals surface area contributed by atoms with Crippen molar-refractivity contribution in [2.75, 3.05) is 0 Å². The van der Waals surface area contributed by atoms with E-state index >= 15 is 0 Å². The molecule has 1 heterocycles. The van der Waals surface area contributed by atoms with Gasteiger partial charge < -0.3 is 10.6 Å². The molecule has 138 valence electrons. The van der Waals surface area contributed by atoms with Crippen LogP contribution in [0.25, 0.3) is 0 Å². The molecule has 1 aliphatic carbocycles. The van der Waals surface area contributed by atoms with Crippen LogP contribution < -0.4 is 10.6 Å². The van der Waals surface area contributed by atoms with E-state index in [4.69, 9.17) is 0 Å². The van der Waals surface area contributed by atoms with Crippen molar-refractivity contribution < 1.29 is 18.4 Å². The second-order valence-electron chi connectivity index (χ2n) is 6.31. The molecule has 0 spiro atoms. The Morgan fingerprint density at radius 1 is 1.15 bits per heavy atom. The summed E-state index contributed by atoms with van der Waals surface area (Å²) in [5.74, 6) is -1.96. The molecule has 1 saturated carbocycles. The van der Waals surface area contributed by atoms with E-state index in [1.807, 2.05) is 0 Å². The molecule has 2 N–H and O–H groups in total. The van der Waals surface area contributed by atoms with Crippen LogP contribution in [0.4, 0.5) is 8.78 Å². The van der Waals surface area contributed by atoms with Crippen LogP contribution in [0.15, 0.2) is 29.1 Å². The number of thiazole rings is 1. The zero-order valence-electron chi connectivity index (χ0n) is 14.0. The molecule has 1 aromatic heterocycles. The number of nitrogens with one attached hydrogen (secondary N) is 2. The highest BCUT2D eigenvalue weighted by molar-refractivity contribution is 7.07. The molecule has 1 aliphatic rings. The number of carbonyl (C=O) groups excluding carboxylic acids is 2. The topological polar surface area (TPSA) is 71.1 Å². The van der Waals surface area contributed by atoms with Gasteiger partial charge in [-0.25, -0.2) is 13.8 Å². The van der Waals surface area contributed by atoms with Crippen LogP contribution in [-0.2, 0) is 11.3 Å². The van der Waals surface area contributed by atoms with Gasteiger partial charge in [0.25, 0.3) is 5.91 Å². The van der Waals surface area contributed by atoms with Crippen molar-refractivity contribution in [3.05, 3.63) is 52.0 Å². The summed E-state index contributed by atoms with van der Waals surface area (Å²) in [5.41, 5.74) is 1.88. The maximum absolute atomic E-state index is 13.6. The van der Waals surface area contributed by atoms with Crippen molar-refractivity contribution >= 4 is 23.2 Å². The Kier molecular flexibility index (Phi) is 5.92. The third-order valence-electron chi connectivity index (χ3n) is 4.60. The van der Waals surface area contributed by atoms with Gasteiger partial charge in [-0.15, -0.1) is 11.3 Å². The van der Waals surface area contributed by atoms with E-state index < -0.39 is 11.6 Å². The smallest absolute Gasteiger partial charge is 0.270 e. The first-order valence-electron chi connectivity index (χ1n) is 8.44. The molecule has 0 unspecified atom stereocenters.